The third-order valence-electron chi connectivity index (χ3n) is 9.21. The van der Waals surface area contributed by atoms with Gasteiger partial charge in [0.1, 0.15) is 11.3 Å². The van der Waals surface area contributed by atoms with Gasteiger partial charge in [-0.2, -0.15) is 0 Å². The van der Waals surface area contributed by atoms with E-state index >= 15 is 0 Å². The molecule has 2 aliphatic rings. The van der Waals surface area contributed by atoms with Crippen LogP contribution in [0.25, 0.3) is 55.9 Å². The maximum absolute atomic E-state index is 6.34. The first-order valence-corrected chi connectivity index (χ1v) is 15.2. The predicted molar refractivity (Wildman–Crippen MR) is 179 cm³/mol. The summed E-state index contributed by atoms with van der Waals surface area (Å²) in [7, 11) is 0. The summed E-state index contributed by atoms with van der Waals surface area (Å²) in [5.74, 6) is 1.40. The fraction of sp³-hybridized carbons (Fsp3) is 0.100. The molecule has 1 aliphatic carbocycles. The van der Waals surface area contributed by atoms with Crippen molar-refractivity contribution in [3.63, 3.8) is 0 Å². The molecule has 5 aromatic carbocycles. The third kappa shape index (κ3) is 4.15. The summed E-state index contributed by atoms with van der Waals surface area (Å²) in [6.45, 7) is 4.62. The summed E-state index contributed by atoms with van der Waals surface area (Å²) in [5.41, 5.74) is 13.9. The smallest absolute Gasteiger partial charge is 0.227 e. The van der Waals surface area contributed by atoms with Gasteiger partial charge in [0.15, 0.2) is 11.8 Å². The maximum Gasteiger partial charge on any atom is 0.227 e. The molecule has 5 heteroatoms. The molecule has 0 bridgehead atoms. The minimum absolute atomic E-state index is 0.0678. The van der Waals surface area contributed by atoms with Gasteiger partial charge in [0, 0.05) is 40.1 Å². The molecule has 3 heterocycles. The molecule has 9 rings (SSSR count). The third-order valence-corrected chi connectivity index (χ3v) is 9.21. The molecule has 0 saturated carbocycles. The lowest BCUT2D eigenvalue weighted by Gasteiger charge is -2.22. The Morgan fingerprint density at radius 3 is 2.27 bits per heavy atom. The molecule has 0 amide bonds. The second kappa shape index (κ2) is 9.66. The predicted octanol–water partition coefficient (Wildman–Crippen LogP) is 10.0. The lowest BCUT2D eigenvalue weighted by atomic mass is 9.81. The summed E-state index contributed by atoms with van der Waals surface area (Å²) < 4.78 is 12.6. The number of rotatable bonds is 4. The summed E-state index contributed by atoms with van der Waals surface area (Å²) in [6, 6.07) is 40.0. The van der Waals surface area contributed by atoms with Crippen LogP contribution in [0.1, 0.15) is 36.8 Å². The molecule has 0 fully saturated rings. The summed E-state index contributed by atoms with van der Waals surface area (Å²) in [6.07, 6.45) is 3.52. The van der Waals surface area contributed by atoms with Gasteiger partial charge in [-0.25, -0.2) is 4.98 Å². The zero-order valence-corrected chi connectivity index (χ0v) is 24.9. The fourth-order valence-electron chi connectivity index (χ4n) is 6.87. The van der Waals surface area contributed by atoms with Gasteiger partial charge < -0.3 is 14.5 Å². The van der Waals surface area contributed by atoms with Gasteiger partial charge >= 0.3 is 0 Å². The van der Waals surface area contributed by atoms with E-state index in [-0.39, 0.29) is 11.6 Å². The van der Waals surface area contributed by atoms with E-state index in [1.165, 1.54) is 22.3 Å². The SMILES string of the molecule is CC1(C)c2ccccc2-c2ccc(-c3cncc(-c4cc(-c5nc6ccccc6o5)cc(C5Nc6ccccc6O5)c4)c3)cc21. The maximum atomic E-state index is 6.34. The van der Waals surface area contributed by atoms with Crippen molar-refractivity contribution in [2.75, 3.05) is 5.32 Å². The molecular formula is C40H29N3O2. The van der Waals surface area contributed by atoms with Crippen LogP contribution < -0.4 is 10.1 Å². The Morgan fingerprint density at radius 1 is 0.644 bits per heavy atom. The van der Waals surface area contributed by atoms with Gasteiger partial charge in [-0.3, -0.25) is 4.98 Å². The molecule has 1 unspecified atom stereocenters. The number of hydrogen-bond donors (Lipinski definition) is 1. The minimum atomic E-state index is -0.345. The molecule has 1 N–H and O–H groups in total. The molecular weight excluding hydrogens is 554 g/mol. The fourth-order valence-corrected chi connectivity index (χ4v) is 6.87. The van der Waals surface area contributed by atoms with Crippen molar-refractivity contribution in [1.29, 1.82) is 0 Å². The number of aromatic nitrogens is 2. The molecule has 2 aromatic heterocycles. The van der Waals surface area contributed by atoms with E-state index in [4.69, 9.17) is 19.1 Å². The van der Waals surface area contributed by atoms with Crippen molar-refractivity contribution < 1.29 is 9.15 Å². The van der Waals surface area contributed by atoms with Gasteiger partial charge in [0.2, 0.25) is 5.89 Å². The van der Waals surface area contributed by atoms with E-state index in [2.05, 4.69) is 85.9 Å². The highest BCUT2D eigenvalue weighted by Gasteiger charge is 2.35. The Balaban J connectivity index is 1.14. The van der Waals surface area contributed by atoms with Crippen LogP contribution >= 0.6 is 0 Å². The van der Waals surface area contributed by atoms with Crippen LogP contribution in [0.2, 0.25) is 0 Å². The number of anilines is 1. The second-order valence-corrected chi connectivity index (χ2v) is 12.4. The average Bonchev–Trinajstić information content (AvgIpc) is 3.78. The highest BCUT2D eigenvalue weighted by atomic mass is 16.5. The zero-order chi connectivity index (χ0) is 30.1. The quantitative estimate of drug-likeness (QED) is 0.223. The molecule has 0 spiro atoms. The first kappa shape index (κ1) is 25.8. The van der Waals surface area contributed by atoms with E-state index in [9.17, 15) is 0 Å². The number of fused-ring (bicyclic) bond motifs is 5. The van der Waals surface area contributed by atoms with Crippen LogP contribution in [-0.4, -0.2) is 9.97 Å². The molecule has 1 atom stereocenters. The van der Waals surface area contributed by atoms with Gasteiger partial charge in [0.05, 0.1) is 5.69 Å². The molecule has 216 valence electrons. The normalized spacial score (nSPS) is 15.6. The van der Waals surface area contributed by atoms with Crippen LogP contribution in [0.5, 0.6) is 5.75 Å². The van der Waals surface area contributed by atoms with Crippen LogP contribution in [0.15, 0.2) is 132 Å². The van der Waals surface area contributed by atoms with Gasteiger partial charge in [-0.15, -0.1) is 0 Å². The molecule has 0 saturated heterocycles. The summed E-state index contributed by atoms with van der Waals surface area (Å²) in [4.78, 5) is 9.53. The number of nitrogens with one attached hydrogen (secondary N) is 1. The number of para-hydroxylation sites is 4. The second-order valence-electron chi connectivity index (χ2n) is 12.4. The van der Waals surface area contributed by atoms with E-state index in [1.807, 2.05) is 60.9 Å². The monoisotopic (exact) mass is 583 g/mol. The topological polar surface area (TPSA) is 60.2 Å². The number of pyridine rings is 1. The highest BCUT2D eigenvalue weighted by Crippen LogP contribution is 2.49. The molecule has 5 nitrogen and oxygen atoms in total. The Bertz CT molecular complexity index is 2220. The number of oxazole rings is 1. The van der Waals surface area contributed by atoms with E-state index < -0.39 is 0 Å². The number of ether oxygens (including phenoxy) is 1. The standard InChI is InChI=1S/C40H29N3O2/c1-40(2)32-10-4-3-9-30(32)31-16-15-24(21-33(31)40)28-20-29(23-41-22-28)25-17-26(38-42-34-11-5-7-13-36(34)44-38)19-27(18-25)39-43-35-12-6-8-14-37(35)45-39/h3-23,38,42H,1-2H3. The van der Waals surface area contributed by atoms with Crippen LogP contribution in [0.4, 0.5) is 5.69 Å². The van der Waals surface area contributed by atoms with Crippen molar-refractivity contribution in [2.24, 2.45) is 0 Å². The molecule has 45 heavy (non-hydrogen) atoms. The zero-order valence-electron chi connectivity index (χ0n) is 24.9. The minimum Gasteiger partial charge on any atom is -0.464 e. The molecule has 1 aliphatic heterocycles. The average molecular weight is 584 g/mol. The van der Waals surface area contributed by atoms with Crippen molar-refractivity contribution in [3.8, 4) is 50.6 Å². The lowest BCUT2D eigenvalue weighted by Crippen LogP contribution is -2.14. The highest BCUT2D eigenvalue weighted by molar-refractivity contribution is 5.84. The van der Waals surface area contributed by atoms with Gasteiger partial charge in [-0.05, 0) is 88.0 Å². The van der Waals surface area contributed by atoms with E-state index in [1.54, 1.807) is 0 Å². The van der Waals surface area contributed by atoms with Crippen LogP contribution in [-0.2, 0) is 5.41 Å². The number of nitrogens with zero attached hydrogens (tertiary/aromatic N) is 2. The Morgan fingerprint density at radius 2 is 1.38 bits per heavy atom. The van der Waals surface area contributed by atoms with Crippen LogP contribution in [0, 0.1) is 0 Å². The van der Waals surface area contributed by atoms with Crippen molar-refractivity contribution in [3.05, 3.63) is 144 Å². The summed E-state index contributed by atoms with van der Waals surface area (Å²) in [5, 5.41) is 3.52. The summed E-state index contributed by atoms with van der Waals surface area (Å²) >= 11 is 0. The first-order valence-electron chi connectivity index (χ1n) is 15.2. The van der Waals surface area contributed by atoms with E-state index in [0.717, 1.165) is 55.9 Å². The first-order chi connectivity index (χ1) is 22.0. The van der Waals surface area contributed by atoms with Gasteiger partial charge in [0.25, 0.3) is 0 Å². The van der Waals surface area contributed by atoms with Crippen molar-refractivity contribution >= 4 is 16.8 Å². The lowest BCUT2D eigenvalue weighted by molar-refractivity contribution is 0.260. The number of benzene rings is 5. The van der Waals surface area contributed by atoms with Crippen molar-refractivity contribution in [1.82, 2.24) is 9.97 Å². The molecule has 0 radical (unpaired) electrons. The Labute approximate surface area is 261 Å². The Hall–Kier alpha value is -5.68. The largest absolute Gasteiger partial charge is 0.464 e. The number of hydrogen-bond acceptors (Lipinski definition) is 5. The van der Waals surface area contributed by atoms with E-state index in [0.29, 0.717) is 5.89 Å². The Kier molecular flexibility index (Phi) is 5.54. The van der Waals surface area contributed by atoms with Crippen LogP contribution in [0.3, 0.4) is 0 Å². The van der Waals surface area contributed by atoms with Gasteiger partial charge in [-0.1, -0.05) is 74.5 Å². The molecule has 7 aromatic rings. The van der Waals surface area contributed by atoms with Crippen molar-refractivity contribution in [2.45, 2.75) is 25.5 Å².